The molecule has 0 radical (unpaired) electrons. The number of carbonyl (C=O) groups is 1. The van der Waals surface area contributed by atoms with Crippen molar-refractivity contribution in [1.82, 2.24) is 4.72 Å². The van der Waals surface area contributed by atoms with E-state index in [2.05, 4.69) is 10.6 Å². The van der Waals surface area contributed by atoms with Gasteiger partial charge in [0.25, 0.3) is 0 Å². The lowest BCUT2D eigenvalue weighted by Crippen LogP contribution is -2.45. The highest BCUT2D eigenvalue weighted by atomic mass is 32.2. The van der Waals surface area contributed by atoms with Gasteiger partial charge in [0, 0.05) is 11.8 Å². The second-order valence-corrected chi connectivity index (χ2v) is 7.76. The van der Waals surface area contributed by atoms with Gasteiger partial charge in [-0.15, -0.1) is 6.42 Å². The SMILES string of the molecule is C#CCNS(=O)(=O)CC12CCC(CC1=O)C2(C)C. The number of terminal acetylenes is 1. The van der Waals surface area contributed by atoms with Gasteiger partial charge in [0.15, 0.2) is 0 Å². The monoisotopic (exact) mass is 269 g/mol. The van der Waals surface area contributed by atoms with Gasteiger partial charge in [0.2, 0.25) is 10.0 Å². The number of nitrogens with one attached hydrogen (secondary N) is 1. The van der Waals surface area contributed by atoms with Crippen molar-refractivity contribution in [2.45, 2.75) is 33.1 Å². The molecule has 0 saturated heterocycles. The molecule has 18 heavy (non-hydrogen) atoms. The van der Waals surface area contributed by atoms with Crippen LogP contribution in [0.4, 0.5) is 0 Å². The zero-order chi connectivity index (χ0) is 13.6. The number of rotatable bonds is 4. The summed E-state index contributed by atoms with van der Waals surface area (Å²) < 4.78 is 26.4. The molecule has 5 heteroatoms. The first-order valence-corrected chi connectivity index (χ1v) is 7.84. The summed E-state index contributed by atoms with van der Waals surface area (Å²) in [6.45, 7) is 4.02. The molecule has 0 aliphatic heterocycles. The first kappa shape index (κ1) is 13.6. The van der Waals surface area contributed by atoms with Gasteiger partial charge in [-0.1, -0.05) is 19.8 Å². The van der Waals surface area contributed by atoms with Crippen molar-refractivity contribution in [3.8, 4) is 12.3 Å². The number of fused-ring (bicyclic) bond motifs is 2. The Bertz CT molecular complexity index is 515. The average Bonchev–Trinajstić information content (AvgIpc) is 2.59. The molecule has 2 atom stereocenters. The molecular formula is C13H19NO3S. The Morgan fingerprint density at radius 2 is 2.17 bits per heavy atom. The summed E-state index contributed by atoms with van der Waals surface area (Å²) in [5, 5.41) is 0. The van der Waals surface area contributed by atoms with Crippen LogP contribution in [0, 0.1) is 29.1 Å². The number of hydrogen-bond acceptors (Lipinski definition) is 3. The smallest absolute Gasteiger partial charge is 0.213 e. The van der Waals surface area contributed by atoms with Crippen LogP contribution < -0.4 is 4.72 Å². The molecule has 2 aliphatic carbocycles. The Morgan fingerprint density at radius 3 is 2.61 bits per heavy atom. The molecule has 2 rings (SSSR count). The molecule has 0 spiro atoms. The molecule has 1 N–H and O–H groups in total. The molecule has 2 saturated carbocycles. The molecule has 2 fully saturated rings. The molecule has 0 heterocycles. The van der Waals surface area contributed by atoms with E-state index in [4.69, 9.17) is 6.42 Å². The topological polar surface area (TPSA) is 63.2 Å². The van der Waals surface area contributed by atoms with Gasteiger partial charge < -0.3 is 0 Å². The Hall–Kier alpha value is -0.860. The Balaban J connectivity index is 2.27. The maximum Gasteiger partial charge on any atom is 0.213 e. The summed E-state index contributed by atoms with van der Waals surface area (Å²) in [5.74, 6) is 2.56. The van der Waals surface area contributed by atoms with Crippen molar-refractivity contribution in [2.75, 3.05) is 12.3 Å². The van der Waals surface area contributed by atoms with E-state index in [0.29, 0.717) is 18.8 Å². The molecule has 0 aromatic heterocycles. The van der Waals surface area contributed by atoms with Gasteiger partial charge in [0.05, 0.1) is 12.3 Å². The largest absolute Gasteiger partial charge is 0.299 e. The maximum atomic E-state index is 12.2. The maximum absolute atomic E-state index is 12.2. The lowest BCUT2D eigenvalue weighted by Gasteiger charge is -2.36. The quantitative estimate of drug-likeness (QED) is 0.772. The highest BCUT2D eigenvalue weighted by molar-refractivity contribution is 7.89. The van der Waals surface area contributed by atoms with Crippen LogP contribution in [-0.2, 0) is 14.8 Å². The van der Waals surface area contributed by atoms with Crippen molar-refractivity contribution in [2.24, 2.45) is 16.7 Å². The first-order chi connectivity index (χ1) is 8.25. The number of sulfonamides is 1. The Kier molecular flexibility index (Phi) is 3.07. The predicted molar refractivity (Wildman–Crippen MR) is 69.2 cm³/mol. The highest BCUT2D eigenvalue weighted by Gasteiger charge is 2.65. The molecule has 0 amide bonds. The minimum Gasteiger partial charge on any atom is -0.299 e. The minimum atomic E-state index is -3.49. The second kappa shape index (κ2) is 4.07. The van der Waals surface area contributed by atoms with E-state index in [9.17, 15) is 13.2 Å². The van der Waals surface area contributed by atoms with Gasteiger partial charge in [-0.2, -0.15) is 0 Å². The molecule has 0 aromatic rings. The number of ketones is 1. The van der Waals surface area contributed by atoms with Crippen LogP contribution in [0.25, 0.3) is 0 Å². The molecule has 100 valence electrons. The Labute approximate surface area is 109 Å². The van der Waals surface area contributed by atoms with E-state index in [1.54, 1.807) is 0 Å². The third-order valence-electron chi connectivity index (χ3n) is 4.97. The van der Waals surface area contributed by atoms with E-state index in [1.165, 1.54) is 0 Å². The third-order valence-corrected chi connectivity index (χ3v) is 6.43. The minimum absolute atomic E-state index is 0.0174. The lowest BCUT2D eigenvalue weighted by molar-refractivity contribution is -0.128. The number of Topliss-reactive ketones (excluding diaryl/α,β-unsaturated/α-hetero) is 1. The van der Waals surface area contributed by atoms with E-state index < -0.39 is 15.4 Å². The van der Waals surface area contributed by atoms with Gasteiger partial charge in [-0.3, -0.25) is 4.79 Å². The lowest BCUT2D eigenvalue weighted by atomic mass is 9.70. The number of carbonyl (C=O) groups excluding carboxylic acids is 1. The molecular weight excluding hydrogens is 250 g/mol. The zero-order valence-electron chi connectivity index (χ0n) is 10.8. The summed E-state index contributed by atoms with van der Waals surface area (Å²) in [5.41, 5.74) is -0.937. The van der Waals surface area contributed by atoms with Crippen LogP contribution in [0.3, 0.4) is 0 Å². The highest BCUT2D eigenvalue weighted by Crippen LogP contribution is 2.64. The van der Waals surface area contributed by atoms with Crippen molar-refractivity contribution < 1.29 is 13.2 Å². The summed E-state index contributed by atoms with van der Waals surface area (Å²) in [4.78, 5) is 12.2. The van der Waals surface area contributed by atoms with E-state index in [0.717, 1.165) is 6.42 Å². The van der Waals surface area contributed by atoms with E-state index >= 15 is 0 Å². The van der Waals surface area contributed by atoms with Crippen LogP contribution in [-0.4, -0.2) is 26.5 Å². The van der Waals surface area contributed by atoms with Crippen molar-refractivity contribution in [1.29, 1.82) is 0 Å². The van der Waals surface area contributed by atoms with Gasteiger partial charge >= 0.3 is 0 Å². The van der Waals surface area contributed by atoms with Crippen LogP contribution >= 0.6 is 0 Å². The molecule has 2 bridgehead atoms. The van der Waals surface area contributed by atoms with Gasteiger partial charge in [0.1, 0.15) is 5.78 Å². The fourth-order valence-electron chi connectivity index (χ4n) is 3.64. The molecule has 2 unspecified atom stereocenters. The van der Waals surface area contributed by atoms with E-state index in [1.807, 2.05) is 13.8 Å². The van der Waals surface area contributed by atoms with Crippen LogP contribution in [0.1, 0.15) is 33.1 Å². The summed E-state index contributed by atoms with van der Waals surface area (Å²) in [6.07, 6.45) is 7.21. The third kappa shape index (κ3) is 1.79. The first-order valence-electron chi connectivity index (χ1n) is 6.19. The number of hydrogen-bond donors (Lipinski definition) is 1. The Morgan fingerprint density at radius 1 is 1.50 bits per heavy atom. The molecule has 0 aromatic carbocycles. The fraction of sp³-hybridized carbons (Fsp3) is 0.769. The van der Waals surface area contributed by atoms with Crippen molar-refractivity contribution in [3.05, 3.63) is 0 Å². The van der Waals surface area contributed by atoms with Crippen molar-refractivity contribution >= 4 is 15.8 Å². The zero-order valence-corrected chi connectivity index (χ0v) is 11.6. The predicted octanol–water partition coefficient (Wildman–Crippen LogP) is 0.934. The molecule has 4 nitrogen and oxygen atoms in total. The van der Waals surface area contributed by atoms with E-state index in [-0.39, 0.29) is 23.5 Å². The second-order valence-electron chi connectivity index (χ2n) is 5.95. The summed E-state index contributed by atoms with van der Waals surface area (Å²) in [6, 6.07) is 0. The molecule has 2 aliphatic rings. The summed E-state index contributed by atoms with van der Waals surface area (Å²) in [7, 11) is -3.49. The van der Waals surface area contributed by atoms with Gasteiger partial charge in [-0.05, 0) is 24.2 Å². The van der Waals surface area contributed by atoms with Crippen molar-refractivity contribution in [3.63, 3.8) is 0 Å². The standard InChI is InChI=1S/C13H19NO3S/c1-4-7-14-18(16,17)9-13-6-5-10(8-11(13)15)12(13,2)3/h1,10,14H,5-9H2,2-3H3. The normalized spacial score (nSPS) is 33.6. The summed E-state index contributed by atoms with van der Waals surface area (Å²) >= 11 is 0. The fourth-order valence-corrected chi connectivity index (χ4v) is 5.37. The van der Waals surface area contributed by atoms with Gasteiger partial charge in [-0.25, -0.2) is 13.1 Å². The average molecular weight is 269 g/mol. The van der Waals surface area contributed by atoms with Crippen LogP contribution in [0.2, 0.25) is 0 Å². The van der Waals surface area contributed by atoms with Crippen LogP contribution in [0.15, 0.2) is 0 Å². The van der Waals surface area contributed by atoms with Crippen LogP contribution in [0.5, 0.6) is 0 Å².